The average molecular weight is 237 g/mol. The highest BCUT2D eigenvalue weighted by Gasteiger charge is 2.20. The van der Waals surface area contributed by atoms with Crippen molar-refractivity contribution in [2.75, 3.05) is 13.7 Å². The Kier molecular flexibility index (Phi) is 4.20. The summed E-state index contributed by atoms with van der Waals surface area (Å²) in [6.07, 6.45) is 0. The van der Waals surface area contributed by atoms with E-state index in [9.17, 15) is 4.79 Å². The second-order valence-electron chi connectivity index (χ2n) is 2.87. The number of hydrogen-bond donors (Lipinski definition) is 1. The van der Waals surface area contributed by atoms with Crippen LogP contribution in [0.4, 0.5) is 0 Å². The first-order chi connectivity index (χ1) is 7.65. The molecule has 5 heteroatoms. The van der Waals surface area contributed by atoms with Gasteiger partial charge in [-0.3, -0.25) is 0 Å². The van der Waals surface area contributed by atoms with E-state index in [1.807, 2.05) is 6.07 Å². The molecule has 0 radical (unpaired) electrons. The minimum absolute atomic E-state index is 0.124. The molecule has 16 heavy (non-hydrogen) atoms. The van der Waals surface area contributed by atoms with E-state index in [0.717, 1.165) is 0 Å². The van der Waals surface area contributed by atoms with Crippen LogP contribution in [0.1, 0.15) is 22.8 Å². The molecule has 1 rings (SSSR count). The van der Waals surface area contributed by atoms with Gasteiger partial charge in [-0.15, -0.1) is 12.6 Å². The van der Waals surface area contributed by atoms with E-state index < -0.39 is 5.97 Å². The van der Waals surface area contributed by atoms with Gasteiger partial charge in [0.15, 0.2) is 0 Å². The van der Waals surface area contributed by atoms with Crippen molar-refractivity contribution in [3.63, 3.8) is 0 Å². The summed E-state index contributed by atoms with van der Waals surface area (Å²) in [6.45, 7) is 1.94. The zero-order chi connectivity index (χ0) is 12.1. The molecule has 0 N–H and O–H groups in total. The summed E-state index contributed by atoms with van der Waals surface area (Å²) < 4.78 is 9.89. The van der Waals surface area contributed by atoms with Gasteiger partial charge in [0, 0.05) is 4.90 Å². The van der Waals surface area contributed by atoms with Gasteiger partial charge < -0.3 is 9.47 Å². The number of nitriles is 1. The number of benzene rings is 1. The van der Waals surface area contributed by atoms with E-state index in [0.29, 0.717) is 10.6 Å². The van der Waals surface area contributed by atoms with Gasteiger partial charge in [-0.25, -0.2) is 4.79 Å². The third-order valence-corrected chi connectivity index (χ3v) is 2.33. The Balaban J connectivity index is 3.37. The number of nitrogens with zero attached hydrogens (tertiary/aromatic N) is 1. The number of thiol groups is 1. The lowest BCUT2D eigenvalue weighted by Crippen LogP contribution is -2.09. The molecule has 0 aliphatic carbocycles. The minimum atomic E-state index is -0.577. The highest BCUT2D eigenvalue weighted by atomic mass is 32.1. The quantitative estimate of drug-likeness (QED) is 0.645. The summed E-state index contributed by atoms with van der Waals surface area (Å²) in [6, 6.07) is 5.10. The maximum Gasteiger partial charge on any atom is 0.343 e. The molecule has 0 spiro atoms. The van der Waals surface area contributed by atoms with Crippen LogP contribution in [0.25, 0.3) is 0 Å². The van der Waals surface area contributed by atoms with Crippen LogP contribution in [0.15, 0.2) is 17.0 Å². The molecular weight excluding hydrogens is 226 g/mol. The average Bonchev–Trinajstić information content (AvgIpc) is 2.28. The molecule has 0 saturated heterocycles. The summed E-state index contributed by atoms with van der Waals surface area (Å²) in [5, 5.41) is 8.97. The van der Waals surface area contributed by atoms with Gasteiger partial charge in [0.1, 0.15) is 17.4 Å². The maximum absolute atomic E-state index is 11.7. The number of carbonyl (C=O) groups excluding carboxylic acids is 1. The number of hydrogen-bond acceptors (Lipinski definition) is 5. The number of rotatable bonds is 3. The van der Waals surface area contributed by atoms with Crippen molar-refractivity contribution >= 4 is 18.6 Å². The lowest BCUT2D eigenvalue weighted by atomic mass is 10.1. The largest absolute Gasteiger partial charge is 0.496 e. The van der Waals surface area contributed by atoms with Crippen LogP contribution in [0, 0.1) is 11.3 Å². The molecule has 0 heterocycles. The molecule has 0 aliphatic rings. The molecule has 0 bridgehead atoms. The van der Waals surface area contributed by atoms with Gasteiger partial charge >= 0.3 is 5.97 Å². The second-order valence-corrected chi connectivity index (χ2v) is 3.35. The fourth-order valence-corrected chi connectivity index (χ4v) is 1.50. The summed E-state index contributed by atoms with van der Waals surface area (Å²) in [4.78, 5) is 12.1. The fraction of sp³-hybridized carbons (Fsp3) is 0.273. The number of carbonyl (C=O) groups is 1. The van der Waals surface area contributed by atoms with Crippen molar-refractivity contribution in [2.24, 2.45) is 0 Å². The third kappa shape index (κ3) is 2.28. The zero-order valence-corrected chi connectivity index (χ0v) is 9.88. The lowest BCUT2D eigenvalue weighted by Gasteiger charge is -2.10. The molecule has 1 aromatic rings. The van der Waals surface area contributed by atoms with Crippen LogP contribution in [-0.4, -0.2) is 19.7 Å². The van der Waals surface area contributed by atoms with Gasteiger partial charge in [-0.05, 0) is 19.1 Å². The van der Waals surface area contributed by atoms with E-state index in [1.165, 1.54) is 7.11 Å². The third-order valence-electron chi connectivity index (χ3n) is 1.96. The van der Waals surface area contributed by atoms with E-state index in [4.69, 9.17) is 14.7 Å². The van der Waals surface area contributed by atoms with Crippen LogP contribution in [0.5, 0.6) is 5.75 Å². The first kappa shape index (κ1) is 12.4. The van der Waals surface area contributed by atoms with Crippen molar-refractivity contribution in [2.45, 2.75) is 11.8 Å². The van der Waals surface area contributed by atoms with Gasteiger partial charge in [0.05, 0.1) is 19.3 Å². The molecule has 0 aromatic heterocycles. The highest BCUT2D eigenvalue weighted by Crippen LogP contribution is 2.27. The highest BCUT2D eigenvalue weighted by molar-refractivity contribution is 7.80. The Morgan fingerprint density at radius 3 is 2.75 bits per heavy atom. The van der Waals surface area contributed by atoms with Crippen molar-refractivity contribution in [3.8, 4) is 11.8 Å². The predicted molar refractivity (Wildman–Crippen MR) is 60.9 cm³/mol. The van der Waals surface area contributed by atoms with E-state index >= 15 is 0 Å². The Bertz CT molecular complexity index is 451. The summed E-state index contributed by atoms with van der Waals surface area (Å²) in [5.41, 5.74) is 0.292. The molecule has 0 unspecified atom stereocenters. The molecule has 84 valence electrons. The van der Waals surface area contributed by atoms with Crippen LogP contribution in [0.2, 0.25) is 0 Å². The van der Waals surface area contributed by atoms with Crippen LogP contribution < -0.4 is 4.74 Å². The van der Waals surface area contributed by atoms with Gasteiger partial charge in [0.25, 0.3) is 0 Å². The Hall–Kier alpha value is -1.67. The van der Waals surface area contributed by atoms with E-state index in [-0.39, 0.29) is 17.7 Å². The molecule has 1 aromatic carbocycles. The SMILES string of the molecule is CCOC(=O)c1c(OC)ccc(S)c1C#N. The molecule has 0 saturated carbocycles. The number of methoxy groups -OCH3 is 1. The van der Waals surface area contributed by atoms with Crippen LogP contribution >= 0.6 is 12.6 Å². The van der Waals surface area contributed by atoms with Gasteiger partial charge in [0.2, 0.25) is 0 Å². The standard InChI is InChI=1S/C11H11NO3S/c1-3-15-11(13)10-7(6-12)9(16)5-4-8(10)14-2/h4-5,16H,3H2,1-2H3. The Labute approximate surface area is 99.2 Å². The van der Waals surface area contributed by atoms with Crippen molar-refractivity contribution in [1.29, 1.82) is 5.26 Å². The van der Waals surface area contributed by atoms with E-state index in [1.54, 1.807) is 19.1 Å². The van der Waals surface area contributed by atoms with Crippen molar-refractivity contribution < 1.29 is 14.3 Å². The summed E-state index contributed by atoms with van der Waals surface area (Å²) >= 11 is 4.11. The minimum Gasteiger partial charge on any atom is -0.496 e. The summed E-state index contributed by atoms with van der Waals surface area (Å²) in [5.74, 6) is -0.264. The first-order valence-electron chi connectivity index (χ1n) is 4.62. The smallest absolute Gasteiger partial charge is 0.343 e. The first-order valence-corrected chi connectivity index (χ1v) is 5.07. The number of esters is 1. The fourth-order valence-electron chi connectivity index (χ4n) is 1.26. The van der Waals surface area contributed by atoms with Gasteiger partial charge in [-0.1, -0.05) is 0 Å². The molecule has 0 atom stereocenters. The van der Waals surface area contributed by atoms with Crippen LogP contribution in [-0.2, 0) is 4.74 Å². The maximum atomic E-state index is 11.7. The molecular formula is C11H11NO3S. The molecule has 0 aliphatic heterocycles. The summed E-state index contributed by atoms with van der Waals surface area (Å²) in [7, 11) is 1.43. The van der Waals surface area contributed by atoms with Crippen molar-refractivity contribution in [1.82, 2.24) is 0 Å². The topological polar surface area (TPSA) is 59.3 Å². The van der Waals surface area contributed by atoms with Gasteiger partial charge in [-0.2, -0.15) is 5.26 Å². The zero-order valence-electron chi connectivity index (χ0n) is 8.98. The lowest BCUT2D eigenvalue weighted by molar-refractivity contribution is 0.0522. The molecule has 0 amide bonds. The normalized spacial score (nSPS) is 9.38. The molecule has 0 fully saturated rings. The Morgan fingerprint density at radius 2 is 2.25 bits per heavy atom. The number of ether oxygens (including phenoxy) is 2. The molecule has 4 nitrogen and oxygen atoms in total. The van der Waals surface area contributed by atoms with Crippen molar-refractivity contribution in [3.05, 3.63) is 23.3 Å². The van der Waals surface area contributed by atoms with Crippen LogP contribution in [0.3, 0.4) is 0 Å². The monoisotopic (exact) mass is 237 g/mol. The van der Waals surface area contributed by atoms with E-state index in [2.05, 4.69) is 12.6 Å². The Morgan fingerprint density at radius 1 is 1.56 bits per heavy atom. The second kappa shape index (κ2) is 5.42. The predicted octanol–water partition coefficient (Wildman–Crippen LogP) is 2.03.